The highest BCUT2D eigenvalue weighted by molar-refractivity contribution is 7.98. The molecule has 2 heterocycles. The van der Waals surface area contributed by atoms with Gasteiger partial charge in [0.2, 0.25) is 5.91 Å². The topological polar surface area (TPSA) is 59.0 Å². The van der Waals surface area contributed by atoms with Gasteiger partial charge in [0.25, 0.3) is 0 Å². The van der Waals surface area contributed by atoms with Crippen molar-refractivity contribution in [3.8, 4) is 0 Å². The quantitative estimate of drug-likeness (QED) is 0.334. The fraction of sp³-hybridized carbons (Fsp3) is 0.100. The van der Waals surface area contributed by atoms with Gasteiger partial charge in [-0.05, 0) is 18.2 Å². The van der Waals surface area contributed by atoms with Crippen molar-refractivity contribution >= 4 is 50.7 Å². The summed E-state index contributed by atoms with van der Waals surface area (Å²) in [6.07, 6.45) is 1.55. The molecule has 8 heteroatoms. The summed E-state index contributed by atoms with van der Waals surface area (Å²) in [7, 11) is 0. The molecule has 5 nitrogen and oxygen atoms in total. The minimum absolute atomic E-state index is 0.199. The van der Waals surface area contributed by atoms with Gasteiger partial charge in [0.05, 0.1) is 16.9 Å². The summed E-state index contributed by atoms with van der Waals surface area (Å²) in [6, 6.07) is 14.0. The Kier molecular flexibility index (Phi) is 5.31. The van der Waals surface area contributed by atoms with E-state index in [1.165, 1.54) is 29.2 Å². The number of hydrogen-bond acceptors (Lipinski definition) is 6. The molecule has 0 spiro atoms. The maximum atomic E-state index is 14.2. The molecule has 0 fully saturated rings. The number of rotatable bonds is 5. The number of para-hydroxylation sites is 2. The van der Waals surface area contributed by atoms with Crippen LogP contribution in [0.4, 0.5) is 15.2 Å². The average Bonchev–Trinajstić information content (AvgIpc) is 3.16. The lowest BCUT2D eigenvalue weighted by atomic mass is 10.2. The van der Waals surface area contributed by atoms with Crippen LogP contribution in [-0.4, -0.2) is 20.9 Å². The number of amides is 1. The summed E-state index contributed by atoms with van der Waals surface area (Å²) in [5, 5.41) is 4.18. The van der Waals surface area contributed by atoms with Crippen LogP contribution in [0.3, 0.4) is 0 Å². The fourth-order valence-electron chi connectivity index (χ4n) is 2.74. The average molecular weight is 410 g/mol. The molecule has 0 unspecified atom stereocenters. The summed E-state index contributed by atoms with van der Waals surface area (Å²) in [5.74, 6) is -0.169. The number of benzene rings is 2. The number of thiazole rings is 1. The van der Waals surface area contributed by atoms with E-state index in [-0.39, 0.29) is 11.6 Å². The molecule has 0 aliphatic heterocycles. The van der Waals surface area contributed by atoms with Gasteiger partial charge in [0, 0.05) is 23.4 Å². The van der Waals surface area contributed by atoms with Crippen LogP contribution < -0.4 is 4.90 Å². The molecule has 0 radical (unpaired) electrons. The van der Waals surface area contributed by atoms with Crippen LogP contribution in [0.25, 0.3) is 10.9 Å². The Hall–Kier alpha value is -2.84. The number of aromatic nitrogens is 3. The molecule has 0 aliphatic rings. The number of carbonyl (C=O) groups excluding carboxylic acids is 1. The Bertz CT molecular complexity index is 1140. The number of halogens is 1. The molecule has 2 aromatic heterocycles. The summed E-state index contributed by atoms with van der Waals surface area (Å²) in [5.41, 5.74) is 1.89. The van der Waals surface area contributed by atoms with Gasteiger partial charge < -0.3 is 0 Å². The van der Waals surface area contributed by atoms with Crippen LogP contribution in [0.2, 0.25) is 0 Å². The van der Waals surface area contributed by atoms with Crippen LogP contribution in [0.5, 0.6) is 0 Å². The highest BCUT2D eigenvalue weighted by atomic mass is 32.2. The molecule has 0 aliphatic carbocycles. The van der Waals surface area contributed by atoms with Crippen LogP contribution >= 0.6 is 23.1 Å². The zero-order chi connectivity index (χ0) is 19.5. The van der Waals surface area contributed by atoms with Crippen molar-refractivity contribution in [2.24, 2.45) is 0 Å². The molecule has 4 rings (SSSR count). The monoisotopic (exact) mass is 410 g/mol. The highest BCUT2D eigenvalue weighted by Gasteiger charge is 2.21. The minimum atomic E-state index is -0.462. The van der Waals surface area contributed by atoms with Gasteiger partial charge in [0.15, 0.2) is 5.13 Å². The predicted molar refractivity (Wildman–Crippen MR) is 110 cm³/mol. The first kappa shape index (κ1) is 18.5. The zero-order valence-electron chi connectivity index (χ0n) is 14.9. The Labute approximate surface area is 169 Å². The lowest BCUT2D eigenvalue weighted by molar-refractivity contribution is -0.115. The second-order valence-electron chi connectivity index (χ2n) is 5.91. The van der Waals surface area contributed by atoms with E-state index in [9.17, 15) is 9.18 Å². The van der Waals surface area contributed by atoms with Crippen molar-refractivity contribution in [3.05, 3.63) is 71.7 Å². The summed E-state index contributed by atoms with van der Waals surface area (Å²) < 4.78 is 14.2. The van der Waals surface area contributed by atoms with Gasteiger partial charge in [-0.3, -0.25) is 9.69 Å². The summed E-state index contributed by atoms with van der Waals surface area (Å²) in [4.78, 5) is 26.6. The van der Waals surface area contributed by atoms with Crippen LogP contribution in [0.1, 0.15) is 12.6 Å². The highest BCUT2D eigenvalue weighted by Crippen LogP contribution is 2.33. The molecular weight excluding hydrogens is 395 g/mol. The smallest absolute Gasteiger partial charge is 0.230 e. The van der Waals surface area contributed by atoms with E-state index in [4.69, 9.17) is 0 Å². The van der Waals surface area contributed by atoms with Gasteiger partial charge in [-0.1, -0.05) is 42.1 Å². The molecule has 1 amide bonds. The molecular formula is C20H15FN4OS2. The van der Waals surface area contributed by atoms with E-state index in [1.54, 1.807) is 36.3 Å². The van der Waals surface area contributed by atoms with Crippen molar-refractivity contribution in [2.45, 2.75) is 17.7 Å². The number of carbonyl (C=O) groups is 1. The van der Waals surface area contributed by atoms with Gasteiger partial charge in [-0.25, -0.2) is 19.3 Å². The van der Waals surface area contributed by atoms with Crippen molar-refractivity contribution < 1.29 is 9.18 Å². The SMILES string of the molecule is CC(=O)N(c1nc(CSc2ncnc3ccccc23)cs1)c1ccccc1F. The number of hydrogen-bond donors (Lipinski definition) is 0. The van der Waals surface area contributed by atoms with Crippen molar-refractivity contribution in [1.29, 1.82) is 0 Å². The maximum Gasteiger partial charge on any atom is 0.230 e. The molecule has 2 aromatic carbocycles. The maximum absolute atomic E-state index is 14.2. The van der Waals surface area contributed by atoms with Gasteiger partial charge in [-0.15, -0.1) is 11.3 Å². The van der Waals surface area contributed by atoms with E-state index in [0.717, 1.165) is 21.6 Å². The normalized spacial score (nSPS) is 10.9. The second-order valence-corrected chi connectivity index (χ2v) is 7.71. The van der Waals surface area contributed by atoms with Crippen LogP contribution in [-0.2, 0) is 10.5 Å². The van der Waals surface area contributed by atoms with Gasteiger partial charge >= 0.3 is 0 Å². The molecule has 0 atom stereocenters. The molecule has 0 saturated carbocycles. The van der Waals surface area contributed by atoms with Crippen LogP contribution in [0, 0.1) is 5.82 Å². The second kappa shape index (κ2) is 8.04. The lowest BCUT2D eigenvalue weighted by Gasteiger charge is -2.18. The van der Waals surface area contributed by atoms with Gasteiger partial charge in [-0.2, -0.15) is 0 Å². The van der Waals surface area contributed by atoms with E-state index >= 15 is 0 Å². The zero-order valence-corrected chi connectivity index (χ0v) is 16.5. The van der Waals surface area contributed by atoms with E-state index in [2.05, 4.69) is 15.0 Å². The molecule has 28 heavy (non-hydrogen) atoms. The largest absolute Gasteiger partial charge is 0.274 e. The third kappa shape index (κ3) is 3.74. The van der Waals surface area contributed by atoms with Crippen molar-refractivity contribution in [3.63, 3.8) is 0 Å². The van der Waals surface area contributed by atoms with E-state index in [0.29, 0.717) is 10.9 Å². The molecule has 0 saturated heterocycles. The third-order valence-electron chi connectivity index (χ3n) is 4.00. The molecule has 0 bridgehead atoms. The number of fused-ring (bicyclic) bond motifs is 1. The Morgan fingerprint density at radius 1 is 1.14 bits per heavy atom. The third-order valence-corrected chi connectivity index (χ3v) is 5.92. The van der Waals surface area contributed by atoms with Gasteiger partial charge in [0.1, 0.15) is 17.2 Å². The van der Waals surface area contributed by atoms with Crippen molar-refractivity contribution in [1.82, 2.24) is 15.0 Å². The first-order valence-corrected chi connectivity index (χ1v) is 10.3. The molecule has 4 aromatic rings. The standard InChI is InChI=1S/C20H15FN4OS2/c1-13(26)25(18-9-5-3-7-16(18)21)20-24-14(11-28-20)10-27-19-15-6-2-4-8-17(15)22-12-23-19/h2-9,11-12H,10H2,1H3. The number of anilines is 2. The fourth-order valence-corrected chi connectivity index (χ4v) is 4.61. The van der Waals surface area contributed by atoms with Crippen molar-refractivity contribution in [2.75, 3.05) is 4.90 Å². The molecule has 140 valence electrons. The number of nitrogens with zero attached hydrogens (tertiary/aromatic N) is 4. The van der Waals surface area contributed by atoms with Crippen LogP contribution in [0.15, 0.2) is 65.3 Å². The first-order valence-electron chi connectivity index (χ1n) is 8.45. The number of thioether (sulfide) groups is 1. The van der Waals surface area contributed by atoms with E-state index < -0.39 is 5.82 Å². The predicted octanol–water partition coefficient (Wildman–Crippen LogP) is 5.20. The van der Waals surface area contributed by atoms with E-state index in [1.807, 2.05) is 29.6 Å². The summed E-state index contributed by atoms with van der Waals surface area (Å²) >= 11 is 2.86. The Morgan fingerprint density at radius 3 is 2.75 bits per heavy atom. The Balaban J connectivity index is 1.57. The summed E-state index contributed by atoms with van der Waals surface area (Å²) in [6.45, 7) is 1.40. The lowest BCUT2D eigenvalue weighted by Crippen LogP contribution is -2.23. The minimum Gasteiger partial charge on any atom is -0.274 e. The Morgan fingerprint density at radius 2 is 1.93 bits per heavy atom. The first-order chi connectivity index (χ1) is 13.6. The molecule has 0 N–H and O–H groups in total.